The number of hydrogen-bond acceptors (Lipinski definition) is 6. The van der Waals surface area contributed by atoms with E-state index in [4.69, 9.17) is 25.2 Å². The third-order valence-corrected chi connectivity index (χ3v) is 4.33. The fraction of sp³-hybridized carbons (Fsp3) is 0.222. The van der Waals surface area contributed by atoms with Crippen LogP contribution < -0.4 is 15.0 Å². The van der Waals surface area contributed by atoms with Crippen LogP contribution in [0.2, 0.25) is 0 Å². The molecule has 0 aliphatic rings. The van der Waals surface area contributed by atoms with Gasteiger partial charge in [0.25, 0.3) is 0 Å². The van der Waals surface area contributed by atoms with E-state index in [1.807, 2.05) is 30.3 Å². The van der Waals surface area contributed by atoms with Gasteiger partial charge in [-0.25, -0.2) is 0 Å². The first-order chi connectivity index (χ1) is 13.0. The van der Waals surface area contributed by atoms with E-state index in [1.54, 1.807) is 12.1 Å². The van der Waals surface area contributed by atoms with Crippen LogP contribution in [0.3, 0.4) is 0 Å². The first kappa shape index (κ1) is 20.2. The summed E-state index contributed by atoms with van der Waals surface area (Å²) < 4.78 is 11.1. The topological polar surface area (TPSA) is 131 Å². The normalized spacial score (nSPS) is 10.2. The summed E-state index contributed by atoms with van der Waals surface area (Å²) in [5.74, 6) is -1.21. The highest BCUT2D eigenvalue weighted by molar-refractivity contribution is 7.99. The maximum Gasteiger partial charge on any atom is 0.306 e. The summed E-state index contributed by atoms with van der Waals surface area (Å²) in [5, 5.41) is 21.2. The van der Waals surface area contributed by atoms with Gasteiger partial charge in [0.1, 0.15) is 5.75 Å². The molecule has 0 aromatic heterocycles. The Morgan fingerprint density at radius 3 is 2.11 bits per heavy atom. The highest BCUT2D eigenvalue weighted by Crippen LogP contribution is 2.42. The molecule has 0 aliphatic carbocycles. The zero-order chi connectivity index (χ0) is 19.6. The van der Waals surface area contributed by atoms with Crippen molar-refractivity contribution in [2.75, 3.05) is 13.2 Å². The molecule has 0 aliphatic heterocycles. The van der Waals surface area contributed by atoms with Crippen molar-refractivity contribution in [2.45, 2.75) is 22.6 Å². The Labute approximate surface area is 159 Å². The number of hydrogen-bond donors (Lipinski definition) is 3. The van der Waals surface area contributed by atoms with Gasteiger partial charge in [0.2, 0.25) is 0 Å². The third-order valence-electron chi connectivity index (χ3n) is 3.28. The van der Waals surface area contributed by atoms with Crippen molar-refractivity contribution < 1.29 is 34.8 Å². The fourth-order valence-corrected chi connectivity index (χ4v) is 2.98. The van der Waals surface area contributed by atoms with Crippen LogP contribution in [0, 0.1) is 0 Å². The van der Waals surface area contributed by atoms with Gasteiger partial charge >= 0.3 is 11.9 Å². The number of rotatable bonds is 11. The number of aliphatic carboxylic acids is 2. The summed E-state index contributed by atoms with van der Waals surface area (Å²) in [5.41, 5.74) is 5.68. The molecule has 2 aromatic rings. The monoisotopic (exact) mass is 391 g/mol. The largest absolute Gasteiger partial charge is 0.492 e. The SMILES string of the molecule is [NH2+]=Nc1cc(OCCC(=O)O)c(Sc2ccccc2)cc1OCCC(=O)O. The van der Waals surface area contributed by atoms with Gasteiger partial charge in [0.15, 0.2) is 11.4 Å². The van der Waals surface area contributed by atoms with Crippen LogP contribution in [-0.2, 0) is 9.59 Å². The molecular weight excluding hydrogens is 372 g/mol. The molecule has 0 spiro atoms. The number of carboxylic acids is 2. The van der Waals surface area contributed by atoms with Crippen molar-refractivity contribution in [2.24, 2.45) is 5.11 Å². The van der Waals surface area contributed by atoms with Crippen LogP contribution in [0.1, 0.15) is 12.8 Å². The molecule has 0 heterocycles. The minimum atomic E-state index is -0.978. The summed E-state index contributed by atoms with van der Waals surface area (Å²) in [4.78, 5) is 23.0. The van der Waals surface area contributed by atoms with Crippen LogP contribution in [0.4, 0.5) is 5.69 Å². The molecule has 0 unspecified atom stereocenters. The minimum absolute atomic E-state index is 0.0130. The van der Waals surface area contributed by atoms with Gasteiger partial charge in [-0.1, -0.05) is 30.0 Å². The molecule has 0 bridgehead atoms. The van der Waals surface area contributed by atoms with Crippen molar-refractivity contribution in [3.05, 3.63) is 42.5 Å². The first-order valence-corrected chi connectivity index (χ1v) is 8.82. The summed E-state index contributed by atoms with van der Waals surface area (Å²) in [6, 6.07) is 12.7. The van der Waals surface area contributed by atoms with E-state index >= 15 is 0 Å². The molecule has 4 N–H and O–H groups in total. The number of nitrogens with two attached hydrogens (primary N) is 1. The molecular formula is C18H19N2O6S+. The molecule has 2 rings (SSSR count). The maximum absolute atomic E-state index is 10.7. The average Bonchev–Trinajstić information content (AvgIpc) is 2.63. The van der Waals surface area contributed by atoms with E-state index in [2.05, 4.69) is 5.11 Å². The van der Waals surface area contributed by atoms with E-state index < -0.39 is 11.9 Å². The molecule has 27 heavy (non-hydrogen) atoms. The maximum atomic E-state index is 10.7. The molecule has 0 fully saturated rings. The molecule has 0 saturated heterocycles. The Morgan fingerprint density at radius 1 is 0.963 bits per heavy atom. The van der Waals surface area contributed by atoms with E-state index in [9.17, 15) is 9.59 Å². The predicted octanol–water partition coefficient (Wildman–Crippen LogP) is 2.39. The van der Waals surface area contributed by atoms with Crippen molar-refractivity contribution >= 4 is 29.4 Å². The lowest BCUT2D eigenvalue weighted by atomic mass is 10.2. The smallest absolute Gasteiger partial charge is 0.306 e. The predicted molar refractivity (Wildman–Crippen MR) is 96.5 cm³/mol. The lowest BCUT2D eigenvalue weighted by Gasteiger charge is -2.14. The van der Waals surface area contributed by atoms with Gasteiger partial charge in [0.05, 0.1) is 31.0 Å². The standard InChI is InChI=1S/C18H18N2O6S/c19-20-13-10-15(26-9-7-18(23)24)16(27-12-4-2-1-3-5-12)11-14(13)25-8-6-17(21)22/h1-5,10-11,19H,6-9H2,(H,21,22)(H,23,24)/p+1. The van der Waals surface area contributed by atoms with E-state index in [0.29, 0.717) is 16.4 Å². The first-order valence-electron chi connectivity index (χ1n) is 8.00. The van der Waals surface area contributed by atoms with Crippen molar-refractivity contribution in [3.63, 3.8) is 0 Å². The molecule has 0 amide bonds. The fourth-order valence-electron chi connectivity index (χ4n) is 2.05. The van der Waals surface area contributed by atoms with Crippen LogP contribution >= 0.6 is 11.8 Å². The minimum Gasteiger partial charge on any atom is -0.492 e. The van der Waals surface area contributed by atoms with Gasteiger partial charge in [-0.2, -0.15) is 5.53 Å². The van der Waals surface area contributed by atoms with Crippen LogP contribution in [0.25, 0.3) is 0 Å². The van der Waals surface area contributed by atoms with Crippen molar-refractivity contribution in [3.8, 4) is 11.5 Å². The summed E-state index contributed by atoms with van der Waals surface area (Å²) in [7, 11) is 0. The van der Waals surface area contributed by atoms with E-state index in [0.717, 1.165) is 4.90 Å². The highest BCUT2D eigenvalue weighted by atomic mass is 32.2. The van der Waals surface area contributed by atoms with Gasteiger partial charge in [-0.15, -0.1) is 0 Å². The highest BCUT2D eigenvalue weighted by Gasteiger charge is 2.16. The molecule has 2 aromatic carbocycles. The van der Waals surface area contributed by atoms with Crippen LogP contribution in [0.15, 0.2) is 57.4 Å². The lowest BCUT2D eigenvalue weighted by Crippen LogP contribution is -2.22. The number of nitrogens with zero attached hydrogens (tertiary/aromatic N) is 1. The van der Waals surface area contributed by atoms with E-state index in [-0.39, 0.29) is 31.7 Å². The second-order valence-electron chi connectivity index (χ2n) is 5.30. The average molecular weight is 391 g/mol. The Bertz CT molecular complexity index is 813. The molecule has 0 radical (unpaired) electrons. The Hall–Kier alpha value is -3.07. The Morgan fingerprint density at radius 2 is 1.56 bits per heavy atom. The Kier molecular flexibility index (Phi) is 7.63. The molecule has 9 heteroatoms. The lowest BCUT2D eigenvalue weighted by molar-refractivity contribution is -0.210. The molecule has 0 saturated carbocycles. The second kappa shape index (κ2) is 10.2. The number of benzene rings is 2. The van der Waals surface area contributed by atoms with Gasteiger partial charge in [-0.05, 0) is 17.2 Å². The number of carboxylic acid groups (broad SMARTS) is 2. The van der Waals surface area contributed by atoms with Crippen molar-refractivity contribution in [1.82, 2.24) is 0 Å². The summed E-state index contributed by atoms with van der Waals surface area (Å²) in [6.45, 7) is -0.0482. The zero-order valence-corrected chi connectivity index (χ0v) is 15.1. The van der Waals surface area contributed by atoms with Gasteiger partial charge in [-0.3, -0.25) is 9.59 Å². The van der Waals surface area contributed by atoms with Crippen molar-refractivity contribution in [1.29, 1.82) is 0 Å². The number of ether oxygens (including phenoxy) is 2. The van der Waals surface area contributed by atoms with Gasteiger partial charge in [0, 0.05) is 17.0 Å². The number of carbonyl (C=O) groups is 2. The van der Waals surface area contributed by atoms with Crippen LogP contribution in [-0.4, -0.2) is 35.4 Å². The summed E-state index contributed by atoms with van der Waals surface area (Å²) >= 11 is 1.39. The van der Waals surface area contributed by atoms with E-state index in [1.165, 1.54) is 11.8 Å². The summed E-state index contributed by atoms with van der Waals surface area (Å²) in [6.07, 6.45) is -0.316. The molecule has 0 atom stereocenters. The quantitative estimate of drug-likeness (QED) is 0.501. The van der Waals surface area contributed by atoms with Crippen LogP contribution in [0.5, 0.6) is 11.5 Å². The molecule has 142 valence electrons. The zero-order valence-electron chi connectivity index (χ0n) is 14.3. The Balaban J connectivity index is 2.29. The second-order valence-corrected chi connectivity index (χ2v) is 6.41. The van der Waals surface area contributed by atoms with Gasteiger partial charge < -0.3 is 19.7 Å². The molecule has 8 nitrogen and oxygen atoms in total. The third kappa shape index (κ3) is 6.63.